The molecule has 1 aromatic carbocycles. The van der Waals surface area contributed by atoms with Crippen molar-refractivity contribution in [3.8, 4) is 6.07 Å². The van der Waals surface area contributed by atoms with E-state index in [1.54, 1.807) is 24.3 Å². The first-order valence-corrected chi connectivity index (χ1v) is 6.01. The molecule has 1 heterocycles. The Hall–Kier alpha value is -2.39. The number of hydrogen-bond acceptors (Lipinski definition) is 6. The van der Waals surface area contributed by atoms with Crippen LogP contribution in [0.2, 0.25) is 5.02 Å². The molecular formula is C12H11ClN6. The monoisotopic (exact) mass is 274 g/mol. The lowest BCUT2D eigenvalue weighted by Gasteiger charge is -2.07. The van der Waals surface area contributed by atoms with Gasteiger partial charge in [0.15, 0.2) is 0 Å². The van der Waals surface area contributed by atoms with Crippen LogP contribution in [0, 0.1) is 11.3 Å². The fourth-order valence-electron chi connectivity index (χ4n) is 1.38. The van der Waals surface area contributed by atoms with Crippen molar-refractivity contribution in [1.82, 2.24) is 15.0 Å². The summed E-state index contributed by atoms with van der Waals surface area (Å²) in [5, 5.41) is 15.5. The molecular weight excluding hydrogens is 264 g/mol. The average molecular weight is 275 g/mol. The lowest BCUT2D eigenvalue weighted by atomic mass is 10.3. The Morgan fingerprint density at radius 1 is 1.16 bits per heavy atom. The minimum Gasteiger partial charge on any atom is -0.354 e. The summed E-state index contributed by atoms with van der Waals surface area (Å²) in [6, 6.07) is 8.99. The van der Waals surface area contributed by atoms with Gasteiger partial charge >= 0.3 is 0 Å². The fourth-order valence-corrected chi connectivity index (χ4v) is 1.51. The molecule has 0 amide bonds. The van der Waals surface area contributed by atoms with Gasteiger partial charge in [-0.2, -0.15) is 20.2 Å². The van der Waals surface area contributed by atoms with Crippen LogP contribution in [0.5, 0.6) is 0 Å². The van der Waals surface area contributed by atoms with Gasteiger partial charge in [-0.05, 0) is 31.2 Å². The van der Waals surface area contributed by atoms with Crippen LogP contribution in [0.4, 0.5) is 17.6 Å². The van der Waals surface area contributed by atoms with Gasteiger partial charge < -0.3 is 10.6 Å². The highest BCUT2D eigenvalue weighted by atomic mass is 35.5. The van der Waals surface area contributed by atoms with Gasteiger partial charge in [0.1, 0.15) is 6.07 Å². The standard InChI is InChI=1S/C12H11ClN6/c1-2-15-11-17-10(7-14)18-12(19-11)16-9-5-3-8(13)4-6-9/h3-6H,2H2,1H3,(H2,15,16,17,18,19). The average Bonchev–Trinajstić information content (AvgIpc) is 2.41. The van der Waals surface area contributed by atoms with Gasteiger partial charge in [0.2, 0.25) is 17.7 Å². The van der Waals surface area contributed by atoms with Crippen molar-refractivity contribution in [3.63, 3.8) is 0 Å². The Morgan fingerprint density at radius 3 is 2.47 bits per heavy atom. The number of rotatable bonds is 4. The SMILES string of the molecule is CCNc1nc(C#N)nc(Nc2ccc(Cl)cc2)n1. The number of nitrogens with zero attached hydrogens (tertiary/aromatic N) is 4. The molecule has 96 valence electrons. The first-order valence-electron chi connectivity index (χ1n) is 5.64. The summed E-state index contributed by atoms with van der Waals surface area (Å²) >= 11 is 5.81. The summed E-state index contributed by atoms with van der Waals surface area (Å²) in [6.45, 7) is 2.58. The lowest BCUT2D eigenvalue weighted by Crippen LogP contribution is -2.08. The second-order valence-corrected chi connectivity index (χ2v) is 4.02. The van der Waals surface area contributed by atoms with Crippen LogP contribution in [0.15, 0.2) is 24.3 Å². The van der Waals surface area contributed by atoms with Crippen LogP contribution >= 0.6 is 11.6 Å². The van der Waals surface area contributed by atoms with E-state index in [1.165, 1.54) is 0 Å². The molecule has 6 nitrogen and oxygen atoms in total. The predicted octanol–water partition coefficient (Wildman–Crippen LogP) is 2.57. The third-order valence-electron chi connectivity index (χ3n) is 2.17. The largest absolute Gasteiger partial charge is 0.354 e. The molecule has 2 N–H and O–H groups in total. The predicted molar refractivity (Wildman–Crippen MR) is 73.4 cm³/mol. The van der Waals surface area contributed by atoms with Gasteiger partial charge in [-0.25, -0.2) is 0 Å². The highest BCUT2D eigenvalue weighted by molar-refractivity contribution is 6.30. The van der Waals surface area contributed by atoms with Crippen LogP contribution in [-0.4, -0.2) is 21.5 Å². The summed E-state index contributed by atoms with van der Waals surface area (Å²) in [5.74, 6) is 0.734. The van der Waals surface area contributed by atoms with Gasteiger partial charge in [-0.1, -0.05) is 11.6 Å². The fraction of sp³-hybridized carbons (Fsp3) is 0.167. The van der Waals surface area contributed by atoms with Crippen LogP contribution in [0.3, 0.4) is 0 Å². The Bertz CT molecular complexity index is 605. The topological polar surface area (TPSA) is 86.5 Å². The molecule has 19 heavy (non-hydrogen) atoms. The molecule has 0 atom stereocenters. The highest BCUT2D eigenvalue weighted by Crippen LogP contribution is 2.17. The lowest BCUT2D eigenvalue weighted by molar-refractivity contribution is 1.000. The quantitative estimate of drug-likeness (QED) is 0.891. The van der Waals surface area contributed by atoms with Crippen LogP contribution < -0.4 is 10.6 Å². The van der Waals surface area contributed by atoms with Crippen LogP contribution in [-0.2, 0) is 0 Å². The van der Waals surface area contributed by atoms with E-state index in [0.29, 0.717) is 23.5 Å². The molecule has 7 heteroatoms. The second kappa shape index (κ2) is 5.98. The van der Waals surface area contributed by atoms with Crippen molar-refractivity contribution in [3.05, 3.63) is 35.1 Å². The van der Waals surface area contributed by atoms with E-state index in [9.17, 15) is 0 Å². The zero-order valence-electron chi connectivity index (χ0n) is 10.2. The summed E-state index contributed by atoms with van der Waals surface area (Å²) in [5.41, 5.74) is 0.780. The van der Waals surface area contributed by atoms with Crippen molar-refractivity contribution in [2.24, 2.45) is 0 Å². The molecule has 0 aliphatic rings. The zero-order valence-corrected chi connectivity index (χ0v) is 10.9. The zero-order chi connectivity index (χ0) is 13.7. The maximum Gasteiger partial charge on any atom is 0.238 e. The maximum atomic E-state index is 8.88. The first kappa shape index (κ1) is 13.1. The van der Waals surface area contributed by atoms with Gasteiger partial charge in [0, 0.05) is 17.3 Å². The molecule has 0 saturated heterocycles. The minimum absolute atomic E-state index is 0.0578. The van der Waals surface area contributed by atoms with Crippen LogP contribution in [0.25, 0.3) is 0 Å². The summed E-state index contributed by atoms with van der Waals surface area (Å²) < 4.78 is 0. The van der Waals surface area contributed by atoms with Crippen molar-refractivity contribution >= 4 is 29.2 Å². The third kappa shape index (κ3) is 3.53. The number of anilines is 3. The number of nitrogens with one attached hydrogen (secondary N) is 2. The Labute approximate surface area is 115 Å². The Morgan fingerprint density at radius 2 is 1.84 bits per heavy atom. The van der Waals surface area contributed by atoms with E-state index in [-0.39, 0.29) is 5.82 Å². The molecule has 0 aliphatic carbocycles. The second-order valence-electron chi connectivity index (χ2n) is 3.58. The minimum atomic E-state index is 0.0578. The van der Waals surface area contributed by atoms with Gasteiger partial charge in [0.05, 0.1) is 0 Å². The Balaban J connectivity index is 2.26. The molecule has 0 fully saturated rings. The molecule has 0 aliphatic heterocycles. The van der Waals surface area contributed by atoms with Crippen molar-refractivity contribution in [2.75, 3.05) is 17.2 Å². The molecule has 0 spiro atoms. The van der Waals surface area contributed by atoms with Gasteiger partial charge in [-0.3, -0.25) is 0 Å². The van der Waals surface area contributed by atoms with Gasteiger partial charge in [0.25, 0.3) is 0 Å². The van der Waals surface area contributed by atoms with Crippen molar-refractivity contribution < 1.29 is 0 Å². The van der Waals surface area contributed by atoms with Gasteiger partial charge in [-0.15, -0.1) is 0 Å². The van der Waals surface area contributed by atoms with Crippen LogP contribution in [0.1, 0.15) is 12.7 Å². The molecule has 2 rings (SSSR count). The number of aromatic nitrogens is 3. The Kier molecular flexibility index (Phi) is 4.11. The maximum absolute atomic E-state index is 8.88. The van der Waals surface area contributed by atoms with Crippen molar-refractivity contribution in [2.45, 2.75) is 6.92 Å². The molecule has 0 saturated carbocycles. The molecule has 0 radical (unpaired) electrons. The van der Waals surface area contributed by atoms with E-state index in [1.807, 2.05) is 13.0 Å². The molecule has 2 aromatic rings. The number of nitriles is 1. The molecule has 0 unspecified atom stereocenters. The molecule has 1 aromatic heterocycles. The highest BCUT2D eigenvalue weighted by Gasteiger charge is 2.05. The van der Waals surface area contributed by atoms with E-state index in [2.05, 4.69) is 25.6 Å². The smallest absolute Gasteiger partial charge is 0.238 e. The molecule has 0 bridgehead atoms. The van der Waals surface area contributed by atoms with E-state index in [0.717, 1.165) is 5.69 Å². The summed E-state index contributed by atoms with van der Waals surface area (Å²) in [7, 11) is 0. The first-order chi connectivity index (χ1) is 9.21. The summed E-state index contributed by atoms with van der Waals surface area (Å²) in [6.07, 6.45) is 0. The van der Waals surface area contributed by atoms with E-state index >= 15 is 0 Å². The third-order valence-corrected chi connectivity index (χ3v) is 2.42. The van der Waals surface area contributed by atoms with E-state index < -0.39 is 0 Å². The van der Waals surface area contributed by atoms with Crippen molar-refractivity contribution in [1.29, 1.82) is 5.26 Å². The normalized spacial score (nSPS) is 9.74. The number of hydrogen-bond donors (Lipinski definition) is 2. The number of benzene rings is 1. The summed E-state index contributed by atoms with van der Waals surface area (Å²) in [4.78, 5) is 12.1. The number of halogens is 1. The van der Waals surface area contributed by atoms with E-state index in [4.69, 9.17) is 16.9 Å².